The van der Waals surface area contributed by atoms with E-state index in [-0.39, 0.29) is 18.2 Å². The highest BCUT2D eigenvalue weighted by Gasteiger charge is 2.56. The van der Waals surface area contributed by atoms with Crippen molar-refractivity contribution in [2.45, 2.75) is 58.9 Å². The maximum atomic E-state index is 13.5. The van der Waals surface area contributed by atoms with Crippen LogP contribution in [0.4, 0.5) is 5.69 Å². The van der Waals surface area contributed by atoms with Crippen LogP contribution >= 0.6 is 23.2 Å². The number of nitrogens with one attached hydrogen (secondary N) is 2. The lowest BCUT2D eigenvalue weighted by Crippen LogP contribution is -2.52. The third kappa shape index (κ3) is 6.61. The van der Waals surface area contributed by atoms with E-state index >= 15 is 0 Å². The number of aromatic nitrogens is 1. The number of rotatable bonds is 3. The molecule has 6 nitrogen and oxygen atoms in total. The Morgan fingerprint density at radius 1 is 0.857 bits per heavy atom. The number of hydrogen-bond donors (Lipinski definition) is 2. The molecule has 1 spiro atoms. The molecule has 0 aliphatic carbocycles. The first kappa shape index (κ1) is 31.1. The largest absolute Gasteiger partial charge is 0.457 e. The molecule has 3 heterocycles. The van der Waals surface area contributed by atoms with Crippen molar-refractivity contribution in [2.75, 3.05) is 5.32 Å². The highest BCUT2D eigenvalue weighted by Crippen LogP contribution is 2.53. The monoisotopic (exact) mass is 603 g/mol. The van der Waals surface area contributed by atoms with Crippen LogP contribution in [0.2, 0.25) is 10.0 Å². The average molecular weight is 605 g/mol. The summed E-state index contributed by atoms with van der Waals surface area (Å²) in [5.74, 6) is 1.01. The number of nitrogens with zero attached hydrogens (tertiary/aromatic N) is 1. The Hall–Kier alpha value is -3.87. The van der Waals surface area contributed by atoms with Crippen LogP contribution in [-0.4, -0.2) is 16.8 Å². The molecule has 8 heteroatoms. The Morgan fingerprint density at radius 2 is 1.55 bits per heavy atom. The van der Waals surface area contributed by atoms with Gasteiger partial charge in [-0.1, -0.05) is 79.0 Å². The molecule has 1 saturated heterocycles. The van der Waals surface area contributed by atoms with Crippen LogP contribution in [0, 0.1) is 20.8 Å². The number of carbonyl (C=O) groups excluding carboxylic acids is 2. The maximum Gasteiger partial charge on any atom is 0.237 e. The first-order valence-electron chi connectivity index (χ1n) is 14.0. The van der Waals surface area contributed by atoms with E-state index in [0.29, 0.717) is 28.6 Å². The van der Waals surface area contributed by atoms with Crippen molar-refractivity contribution in [1.82, 2.24) is 10.3 Å². The molecular formula is C34H35Cl2N3O3. The Morgan fingerprint density at radius 3 is 2.19 bits per heavy atom. The van der Waals surface area contributed by atoms with E-state index in [1.165, 1.54) is 0 Å². The van der Waals surface area contributed by atoms with Gasteiger partial charge >= 0.3 is 0 Å². The number of halogens is 2. The van der Waals surface area contributed by atoms with Gasteiger partial charge in [0.1, 0.15) is 16.9 Å². The lowest BCUT2D eigenvalue weighted by Gasteiger charge is -2.41. The summed E-state index contributed by atoms with van der Waals surface area (Å²) in [6, 6.07) is 23.8. The number of pyridine rings is 1. The van der Waals surface area contributed by atoms with Gasteiger partial charge in [0.15, 0.2) is 0 Å². The van der Waals surface area contributed by atoms with Gasteiger partial charge in [0, 0.05) is 51.2 Å². The van der Waals surface area contributed by atoms with E-state index < -0.39 is 11.5 Å². The number of benzene rings is 3. The van der Waals surface area contributed by atoms with E-state index in [1.807, 2.05) is 101 Å². The zero-order valence-electron chi connectivity index (χ0n) is 24.4. The molecule has 1 fully saturated rings. The van der Waals surface area contributed by atoms with Gasteiger partial charge in [0.05, 0.1) is 6.04 Å². The number of amides is 2. The molecule has 0 saturated carbocycles. The summed E-state index contributed by atoms with van der Waals surface area (Å²) < 4.78 is 6.32. The van der Waals surface area contributed by atoms with Crippen LogP contribution in [0.3, 0.4) is 0 Å². The molecule has 0 unspecified atom stereocenters. The van der Waals surface area contributed by atoms with Crippen LogP contribution in [0.15, 0.2) is 78.9 Å². The van der Waals surface area contributed by atoms with Crippen molar-refractivity contribution in [3.63, 3.8) is 0 Å². The third-order valence-corrected chi connectivity index (χ3v) is 7.64. The SMILES string of the molecule is CC.Cc1ccc(Oc2cc(C)nc(C)c2)c([C@H]2NC(=O)CC[C@]23C(=O)Nc2cc(Cl)ccc23)c1.Clc1ccccc1. The molecule has 3 aromatic carbocycles. The predicted molar refractivity (Wildman–Crippen MR) is 170 cm³/mol. The summed E-state index contributed by atoms with van der Waals surface area (Å²) in [5.41, 5.74) is 4.03. The Bertz CT molecular complexity index is 1570. The van der Waals surface area contributed by atoms with E-state index in [9.17, 15) is 9.59 Å². The fraction of sp³-hybridized carbons (Fsp3) is 0.265. The topological polar surface area (TPSA) is 80.3 Å². The molecule has 2 aliphatic heterocycles. The number of carbonyl (C=O) groups is 2. The van der Waals surface area contributed by atoms with Gasteiger partial charge in [0.25, 0.3) is 0 Å². The molecule has 4 aromatic rings. The fourth-order valence-corrected chi connectivity index (χ4v) is 5.76. The Labute approximate surface area is 257 Å². The molecule has 218 valence electrons. The molecule has 0 bridgehead atoms. The normalized spacial score (nSPS) is 18.5. The second kappa shape index (κ2) is 13.4. The van der Waals surface area contributed by atoms with E-state index in [4.69, 9.17) is 27.9 Å². The summed E-state index contributed by atoms with van der Waals surface area (Å²) in [6.45, 7) is 9.81. The smallest absolute Gasteiger partial charge is 0.237 e. The van der Waals surface area contributed by atoms with Crippen molar-refractivity contribution in [3.05, 3.63) is 117 Å². The first-order chi connectivity index (χ1) is 20.2. The lowest BCUT2D eigenvalue weighted by atomic mass is 9.67. The summed E-state index contributed by atoms with van der Waals surface area (Å²) >= 11 is 11.7. The van der Waals surface area contributed by atoms with Gasteiger partial charge in [-0.3, -0.25) is 14.6 Å². The molecule has 2 aliphatic rings. The van der Waals surface area contributed by atoms with Gasteiger partial charge in [-0.15, -0.1) is 0 Å². The molecule has 2 amide bonds. The van der Waals surface area contributed by atoms with Crippen LogP contribution in [0.5, 0.6) is 11.5 Å². The zero-order valence-corrected chi connectivity index (χ0v) is 25.9. The predicted octanol–water partition coefficient (Wildman–Crippen LogP) is 8.66. The Balaban J connectivity index is 0.000000390. The standard InChI is InChI=1S/C26H24ClN3O3.C6H5Cl.C2H6/c1-14-4-7-22(33-18-11-15(2)28-16(3)12-18)19(10-14)24-26(9-8-23(31)30-24)20-6-5-17(27)13-21(20)29-25(26)32;7-6-4-2-1-3-5-6;1-2/h4-7,10-13,24H,8-9H2,1-3H3,(H,29,32)(H,30,31);1-5H;1-2H3/t24-,26-;;/m1../s1. The number of hydrogen-bond acceptors (Lipinski definition) is 4. The molecule has 42 heavy (non-hydrogen) atoms. The number of piperidine rings is 1. The van der Waals surface area contributed by atoms with Gasteiger partial charge in [-0.05, 0) is 63.1 Å². The molecule has 1 aromatic heterocycles. The number of anilines is 1. The van der Waals surface area contributed by atoms with E-state index in [0.717, 1.165) is 33.1 Å². The highest BCUT2D eigenvalue weighted by atomic mass is 35.5. The minimum Gasteiger partial charge on any atom is -0.457 e. The quantitative estimate of drug-likeness (QED) is 0.245. The van der Waals surface area contributed by atoms with E-state index in [2.05, 4.69) is 15.6 Å². The van der Waals surface area contributed by atoms with Gasteiger partial charge in [-0.25, -0.2) is 0 Å². The summed E-state index contributed by atoms with van der Waals surface area (Å²) in [6.07, 6.45) is 0.654. The fourth-order valence-electron chi connectivity index (χ4n) is 5.44. The first-order valence-corrected chi connectivity index (χ1v) is 14.8. The summed E-state index contributed by atoms with van der Waals surface area (Å²) in [7, 11) is 0. The van der Waals surface area contributed by atoms with Crippen molar-refractivity contribution in [2.24, 2.45) is 0 Å². The second-order valence-electron chi connectivity index (χ2n) is 10.1. The maximum absolute atomic E-state index is 13.5. The van der Waals surface area contributed by atoms with Crippen LogP contribution in [0.25, 0.3) is 0 Å². The molecule has 0 radical (unpaired) electrons. The average Bonchev–Trinajstić information content (AvgIpc) is 3.22. The van der Waals surface area contributed by atoms with Crippen molar-refractivity contribution < 1.29 is 14.3 Å². The zero-order chi connectivity index (χ0) is 30.4. The second-order valence-corrected chi connectivity index (χ2v) is 11.0. The molecule has 2 atom stereocenters. The molecular weight excluding hydrogens is 569 g/mol. The molecule has 2 N–H and O–H groups in total. The lowest BCUT2D eigenvalue weighted by molar-refractivity contribution is -0.130. The minimum absolute atomic E-state index is 0.0936. The van der Waals surface area contributed by atoms with Crippen molar-refractivity contribution in [3.8, 4) is 11.5 Å². The van der Waals surface area contributed by atoms with Gasteiger partial charge in [0.2, 0.25) is 11.8 Å². The minimum atomic E-state index is -0.955. The summed E-state index contributed by atoms with van der Waals surface area (Å²) in [5, 5.41) is 7.43. The van der Waals surface area contributed by atoms with Crippen LogP contribution in [-0.2, 0) is 15.0 Å². The van der Waals surface area contributed by atoms with Crippen molar-refractivity contribution >= 4 is 40.7 Å². The van der Waals surface area contributed by atoms with Crippen molar-refractivity contribution in [1.29, 1.82) is 0 Å². The van der Waals surface area contributed by atoms with Gasteiger partial charge < -0.3 is 15.4 Å². The Kier molecular flexibility index (Phi) is 9.92. The molecule has 6 rings (SSSR count). The summed E-state index contributed by atoms with van der Waals surface area (Å²) in [4.78, 5) is 30.5. The van der Waals surface area contributed by atoms with Crippen LogP contribution in [0.1, 0.15) is 60.8 Å². The third-order valence-electron chi connectivity index (χ3n) is 7.15. The van der Waals surface area contributed by atoms with Gasteiger partial charge in [-0.2, -0.15) is 0 Å². The van der Waals surface area contributed by atoms with E-state index in [1.54, 1.807) is 12.1 Å². The number of fused-ring (bicyclic) bond motifs is 2. The number of aryl methyl sites for hydroxylation is 3. The highest BCUT2D eigenvalue weighted by molar-refractivity contribution is 6.31. The van der Waals surface area contributed by atoms with Crippen LogP contribution < -0.4 is 15.4 Å². The number of ether oxygens (including phenoxy) is 1.